The zero-order valence-electron chi connectivity index (χ0n) is 12.2. The van der Waals surface area contributed by atoms with Gasteiger partial charge in [-0.1, -0.05) is 51.8 Å². The minimum absolute atomic E-state index is 0.112. The van der Waals surface area contributed by atoms with Crippen LogP contribution in [0, 0.1) is 0 Å². The highest BCUT2D eigenvalue weighted by molar-refractivity contribution is 9.10. The largest absolute Gasteiger partial charge is 0.314 e. The molecule has 0 radical (unpaired) electrons. The molecule has 2 rings (SSSR count). The van der Waals surface area contributed by atoms with Crippen LogP contribution < -0.4 is 0 Å². The van der Waals surface area contributed by atoms with Crippen LogP contribution in [0.2, 0.25) is 0 Å². The molecular formula is C17H22BrNO. The van der Waals surface area contributed by atoms with Crippen molar-refractivity contribution in [3.63, 3.8) is 0 Å². The molecule has 1 saturated carbocycles. The molecule has 1 aliphatic rings. The molecule has 0 heterocycles. The number of hydrogen-bond donors (Lipinski definition) is 0. The summed E-state index contributed by atoms with van der Waals surface area (Å²) in [6.45, 7) is 4.44. The van der Waals surface area contributed by atoms with Crippen molar-refractivity contribution in [2.75, 3.05) is 0 Å². The van der Waals surface area contributed by atoms with Crippen molar-refractivity contribution in [1.29, 1.82) is 0 Å². The first-order valence-corrected chi connectivity index (χ1v) is 7.99. The zero-order valence-corrected chi connectivity index (χ0v) is 13.8. The molecule has 0 spiro atoms. The second-order valence-corrected chi connectivity index (χ2v) is 7.87. The molecule has 1 aromatic rings. The third kappa shape index (κ3) is 4.20. The van der Waals surface area contributed by atoms with E-state index >= 15 is 0 Å². The van der Waals surface area contributed by atoms with Gasteiger partial charge in [0.05, 0.1) is 10.9 Å². The molecule has 0 atom stereocenters. The minimum atomic E-state index is -0.530. The first-order valence-electron chi connectivity index (χ1n) is 7.20. The van der Waals surface area contributed by atoms with Gasteiger partial charge in [-0.25, -0.2) is 0 Å². The van der Waals surface area contributed by atoms with Crippen molar-refractivity contribution in [1.82, 2.24) is 4.90 Å². The van der Waals surface area contributed by atoms with E-state index in [0.717, 1.165) is 18.4 Å². The number of allylic oxidation sites excluding steroid dienone is 1. The van der Waals surface area contributed by atoms with Crippen molar-refractivity contribution < 1.29 is 4.79 Å². The number of benzene rings is 1. The van der Waals surface area contributed by atoms with Crippen LogP contribution in [0.25, 0.3) is 0 Å². The Morgan fingerprint density at radius 1 is 1.25 bits per heavy atom. The Balaban J connectivity index is 2.20. The van der Waals surface area contributed by atoms with Crippen LogP contribution in [0.15, 0.2) is 42.1 Å². The summed E-state index contributed by atoms with van der Waals surface area (Å²) in [4.78, 5) is 14.5. The average Bonchev–Trinajstić information content (AvgIpc) is 2.90. The maximum absolute atomic E-state index is 12.6. The number of carbonyl (C=O) groups is 1. The summed E-state index contributed by atoms with van der Waals surface area (Å²) in [5.41, 5.74) is 2.55. The van der Waals surface area contributed by atoms with Gasteiger partial charge in [0.25, 0.3) is 0 Å². The molecule has 0 aromatic heterocycles. The number of nitrogens with zero attached hydrogens (tertiary/aromatic N) is 1. The summed E-state index contributed by atoms with van der Waals surface area (Å²) < 4.78 is -0.530. The summed E-state index contributed by atoms with van der Waals surface area (Å²) in [5, 5.41) is 0. The van der Waals surface area contributed by atoms with E-state index in [0.29, 0.717) is 6.54 Å². The lowest BCUT2D eigenvalue weighted by Gasteiger charge is -2.26. The second kappa shape index (κ2) is 6.57. The normalized spacial score (nSPS) is 15.2. The molecule has 3 heteroatoms. The molecule has 1 aliphatic carbocycles. The fourth-order valence-electron chi connectivity index (χ4n) is 2.48. The van der Waals surface area contributed by atoms with Crippen LogP contribution in [-0.2, 0) is 11.3 Å². The number of hydrogen-bond acceptors (Lipinski definition) is 1. The first kappa shape index (κ1) is 15.3. The third-order valence-electron chi connectivity index (χ3n) is 3.55. The Labute approximate surface area is 130 Å². The predicted molar refractivity (Wildman–Crippen MR) is 86.5 cm³/mol. The molecule has 1 amide bonds. The number of carbonyl (C=O) groups excluding carboxylic acids is 1. The van der Waals surface area contributed by atoms with Gasteiger partial charge in [-0.05, 0) is 45.1 Å². The number of amides is 1. The summed E-state index contributed by atoms with van der Waals surface area (Å²) in [6.07, 6.45) is 6.82. The molecule has 2 nitrogen and oxygen atoms in total. The molecular weight excluding hydrogens is 314 g/mol. The van der Waals surface area contributed by atoms with Gasteiger partial charge in [0, 0.05) is 6.20 Å². The highest BCUT2D eigenvalue weighted by Gasteiger charge is 2.28. The van der Waals surface area contributed by atoms with Crippen molar-refractivity contribution in [3.8, 4) is 0 Å². The summed E-state index contributed by atoms with van der Waals surface area (Å²) >= 11 is 3.49. The van der Waals surface area contributed by atoms with Crippen molar-refractivity contribution >= 4 is 21.8 Å². The molecule has 20 heavy (non-hydrogen) atoms. The summed E-state index contributed by atoms with van der Waals surface area (Å²) in [5.74, 6) is 0.112. The topological polar surface area (TPSA) is 20.3 Å². The van der Waals surface area contributed by atoms with E-state index in [9.17, 15) is 4.79 Å². The number of halogens is 1. The molecule has 1 aromatic carbocycles. The molecule has 0 unspecified atom stereocenters. The first-order chi connectivity index (χ1) is 9.47. The van der Waals surface area contributed by atoms with Gasteiger partial charge in [0.1, 0.15) is 0 Å². The number of rotatable bonds is 4. The van der Waals surface area contributed by atoms with Crippen LogP contribution in [-0.4, -0.2) is 15.1 Å². The Hall–Kier alpha value is -1.09. The lowest BCUT2D eigenvalue weighted by atomic mass is 10.1. The Morgan fingerprint density at radius 3 is 2.40 bits per heavy atom. The predicted octanol–water partition coefficient (Wildman–Crippen LogP) is 4.65. The van der Waals surface area contributed by atoms with E-state index in [4.69, 9.17) is 0 Å². The van der Waals surface area contributed by atoms with Crippen LogP contribution >= 0.6 is 15.9 Å². The highest BCUT2D eigenvalue weighted by atomic mass is 79.9. The smallest absolute Gasteiger partial charge is 0.243 e. The van der Waals surface area contributed by atoms with Gasteiger partial charge >= 0.3 is 0 Å². The lowest BCUT2D eigenvalue weighted by Crippen LogP contribution is -2.38. The zero-order chi connectivity index (χ0) is 14.6. The maximum atomic E-state index is 12.6. The molecule has 1 fully saturated rings. The fourth-order valence-corrected chi connectivity index (χ4v) is 2.70. The van der Waals surface area contributed by atoms with Crippen molar-refractivity contribution in [2.24, 2.45) is 0 Å². The van der Waals surface area contributed by atoms with Gasteiger partial charge < -0.3 is 4.90 Å². The van der Waals surface area contributed by atoms with Gasteiger partial charge in [-0.2, -0.15) is 0 Å². The average molecular weight is 336 g/mol. The number of alkyl halides is 1. The molecule has 108 valence electrons. The van der Waals surface area contributed by atoms with Crippen LogP contribution in [0.5, 0.6) is 0 Å². The standard InChI is InChI=1S/C17H22BrNO/c1-17(2,18)16(20)19(13-15-10-6-7-11-15)12-14-8-4-3-5-9-14/h3-5,8-9,13H,6-7,10-12H2,1-2H3. The summed E-state index contributed by atoms with van der Waals surface area (Å²) in [6, 6.07) is 10.2. The van der Waals surface area contributed by atoms with Gasteiger partial charge in [0.15, 0.2) is 0 Å². The lowest BCUT2D eigenvalue weighted by molar-refractivity contribution is -0.130. The van der Waals surface area contributed by atoms with Crippen LogP contribution in [0.3, 0.4) is 0 Å². The molecule has 0 N–H and O–H groups in total. The molecule has 0 bridgehead atoms. The van der Waals surface area contributed by atoms with E-state index in [1.807, 2.05) is 36.9 Å². The molecule has 0 saturated heterocycles. The van der Waals surface area contributed by atoms with E-state index in [2.05, 4.69) is 34.3 Å². The molecule has 0 aliphatic heterocycles. The maximum Gasteiger partial charge on any atom is 0.243 e. The fraction of sp³-hybridized carbons (Fsp3) is 0.471. The SMILES string of the molecule is CC(C)(Br)C(=O)N(C=C1CCCC1)Cc1ccccc1. The summed E-state index contributed by atoms with van der Waals surface area (Å²) in [7, 11) is 0. The van der Waals surface area contributed by atoms with Gasteiger partial charge in [-0.3, -0.25) is 4.79 Å². The third-order valence-corrected chi connectivity index (χ3v) is 3.89. The van der Waals surface area contributed by atoms with Crippen molar-refractivity contribution in [3.05, 3.63) is 47.7 Å². The van der Waals surface area contributed by atoms with E-state index in [-0.39, 0.29) is 5.91 Å². The Kier molecular flexibility index (Phi) is 5.03. The van der Waals surface area contributed by atoms with Crippen LogP contribution in [0.1, 0.15) is 45.1 Å². The van der Waals surface area contributed by atoms with Crippen molar-refractivity contribution in [2.45, 2.75) is 50.4 Å². The monoisotopic (exact) mass is 335 g/mol. The Bertz CT molecular complexity index is 479. The second-order valence-electron chi connectivity index (χ2n) is 5.89. The van der Waals surface area contributed by atoms with Crippen LogP contribution in [0.4, 0.5) is 0 Å². The Morgan fingerprint density at radius 2 is 1.85 bits per heavy atom. The van der Waals surface area contributed by atoms with E-state index < -0.39 is 4.32 Å². The van der Waals surface area contributed by atoms with E-state index in [1.165, 1.54) is 18.4 Å². The minimum Gasteiger partial charge on any atom is -0.314 e. The van der Waals surface area contributed by atoms with E-state index in [1.54, 1.807) is 0 Å². The quantitative estimate of drug-likeness (QED) is 0.733. The van der Waals surface area contributed by atoms with Gasteiger partial charge in [0.2, 0.25) is 5.91 Å². The van der Waals surface area contributed by atoms with Gasteiger partial charge in [-0.15, -0.1) is 0 Å². The highest BCUT2D eigenvalue weighted by Crippen LogP contribution is 2.27.